The van der Waals surface area contributed by atoms with Crippen LogP contribution in [-0.4, -0.2) is 23.4 Å². The molecule has 0 radical (unpaired) electrons. The van der Waals surface area contributed by atoms with Crippen LogP contribution in [0.5, 0.6) is 5.75 Å². The van der Waals surface area contributed by atoms with Crippen molar-refractivity contribution in [1.29, 1.82) is 0 Å². The fourth-order valence-corrected chi connectivity index (χ4v) is 6.14. The van der Waals surface area contributed by atoms with E-state index in [1.165, 1.54) is 75.5 Å². The lowest BCUT2D eigenvalue weighted by Gasteiger charge is -2.25. The number of hydrogen-bond acceptors (Lipinski definition) is 4. The Morgan fingerprint density at radius 2 is 1.43 bits per heavy atom. The van der Waals surface area contributed by atoms with Gasteiger partial charge in [0.05, 0.1) is 18.2 Å². The number of rotatable bonds is 18. The number of urea groups is 1. The van der Waals surface area contributed by atoms with Gasteiger partial charge in [0.15, 0.2) is 0 Å². The molecule has 2 N–H and O–H groups in total. The van der Waals surface area contributed by atoms with Crippen LogP contribution in [0.1, 0.15) is 123 Å². The molecule has 0 aliphatic carbocycles. The maximum Gasteiger partial charge on any atom is 0.323 e. The SMILES string of the molecule is CCCCCCCCCCCCCCOc1c(NC(=O)Nc2ccccc2CN2C=C(C)SC2)cccc1C(C)(C)C. The van der Waals surface area contributed by atoms with Crippen molar-refractivity contribution in [3.8, 4) is 5.75 Å². The summed E-state index contributed by atoms with van der Waals surface area (Å²) in [6, 6.07) is 13.8. The van der Waals surface area contributed by atoms with Crippen molar-refractivity contribution in [2.24, 2.45) is 0 Å². The first-order valence-corrected chi connectivity index (χ1v) is 17.2. The maximum absolute atomic E-state index is 13.2. The van der Waals surface area contributed by atoms with Crippen molar-refractivity contribution in [2.45, 2.75) is 124 Å². The number of hydrogen-bond donors (Lipinski definition) is 2. The second kappa shape index (κ2) is 18.1. The highest BCUT2D eigenvalue weighted by Crippen LogP contribution is 2.37. The first-order chi connectivity index (χ1) is 20.3. The Balaban J connectivity index is 1.50. The van der Waals surface area contributed by atoms with Crippen molar-refractivity contribution < 1.29 is 9.53 Å². The fourth-order valence-electron chi connectivity index (χ4n) is 5.38. The molecule has 5 nitrogen and oxygen atoms in total. The first kappa shape index (κ1) is 33.9. The molecular formula is C36H55N3O2S. The van der Waals surface area contributed by atoms with E-state index >= 15 is 0 Å². The summed E-state index contributed by atoms with van der Waals surface area (Å²) < 4.78 is 6.40. The number of anilines is 2. The van der Waals surface area contributed by atoms with Crippen LogP contribution in [0, 0.1) is 0 Å². The third kappa shape index (κ3) is 11.9. The Hall–Kier alpha value is -2.60. The number of amides is 2. The van der Waals surface area contributed by atoms with Gasteiger partial charge in [-0.2, -0.15) is 0 Å². The third-order valence-corrected chi connectivity index (χ3v) is 8.80. The van der Waals surface area contributed by atoms with Crippen LogP contribution < -0.4 is 15.4 Å². The van der Waals surface area contributed by atoms with E-state index < -0.39 is 0 Å². The number of nitrogens with zero attached hydrogens (tertiary/aromatic N) is 1. The van der Waals surface area contributed by atoms with Crippen LogP contribution in [0.25, 0.3) is 0 Å². The third-order valence-electron chi connectivity index (χ3n) is 7.78. The van der Waals surface area contributed by atoms with Gasteiger partial charge in [-0.05, 0) is 41.4 Å². The van der Waals surface area contributed by atoms with E-state index in [9.17, 15) is 4.79 Å². The number of nitrogens with one attached hydrogen (secondary N) is 2. The molecule has 0 atom stereocenters. The molecule has 0 aromatic heterocycles. The number of ether oxygens (including phenoxy) is 1. The molecule has 1 heterocycles. The lowest BCUT2D eigenvalue weighted by Crippen LogP contribution is -2.23. The van der Waals surface area contributed by atoms with Gasteiger partial charge >= 0.3 is 6.03 Å². The second-order valence-corrected chi connectivity index (χ2v) is 13.9. The minimum atomic E-state index is -0.258. The predicted octanol–water partition coefficient (Wildman–Crippen LogP) is 11.1. The van der Waals surface area contributed by atoms with Crippen molar-refractivity contribution in [3.63, 3.8) is 0 Å². The number of benzene rings is 2. The molecule has 6 heteroatoms. The van der Waals surface area contributed by atoms with E-state index in [1.807, 2.05) is 42.1 Å². The molecule has 42 heavy (non-hydrogen) atoms. The Kier molecular flexibility index (Phi) is 14.6. The van der Waals surface area contributed by atoms with Crippen LogP contribution in [0.4, 0.5) is 16.2 Å². The Morgan fingerprint density at radius 1 is 0.833 bits per heavy atom. The van der Waals surface area contributed by atoms with Crippen LogP contribution in [0.2, 0.25) is 0 Å². The highest BCUT2D eigenvalue weighted by molar-refractivity contribution is 8.03. The van der Waals surface area contributed by atoms with E-state index in [4.69, 9.17) is 4.74 Å². The minimum Gasteiger partial charge on any atom is -0.491 e. The summed E-state index contributed by atoms with van der Waals surface area (Å²) in [7, 11) is 0. The van der Waals surface area contributed by atoms with Crippen molar-refractivity contribution in [3.05, 3.63) is 64.7 Å². The zero-order chi connectivity index (χ0) is 30.2. The van der Waals surface area contributed by atoms with E-state index in [1.54, 1.807) is 0 Å². The Labute approximate surface area is 260 Å². The molecule has 0 bridgehead atoms. The van der Waals surface area contributed by atoms with E-state index in [2.05, 4.69) is 68.5 Å². The van der Waals surface area contributed by atoms with Crippen LogP contribution >= 0.6 is 11.8 Å². The number of allylic oxidation sites excluding steroid dienone is 1. The summed E-state index contributed by atoms with van der Waals surface area (Å²) >= 11 is 1.84. The second-order valence-electron chi connectivity index (χ2n) is 12.7. The van der Waals surface area contributed by atoms with Gasteiger partial charge in [0, 0.05) is 24.0 Å². The topological polar surface area (TPSA) is 53.6 Å². The highest BCUT2D eigenvalue weighted by atomic mass is 32.2. The molecule has 3 rings (SSSR count). The monoisotopic (exact) mass is 593 g/mol. The summed E-state index contributed by atoms with van der Waals surface area (Å²) in [6.07, 6.45) is 18.0. The molecule has 2 aromatic carbocycles. The van der Waals surface area contributed by atoms with Crippen molar-refractivity contribution >= 4 is 29.2 Å². The summed E-state index contributed by atoms with van der Waals surface area (Å²) in [5.41, 5.74) is 3.63. The number of thioether (sulfide) groups is 1. The van der Waals surface area contributed by atoms with Crippen LogP contribution in [0.3, 0.4) is 0 Å². The van der Waals surface area contributed by atoms with E-state index in [0.717, 1.165) is 41.4 Å². The number of carbonyl (C=O) groups is 1. The molecule has 0 saturated heterocycles. The number of carbonyl (C=O) groups excluding carboxylic acids is 1. The zero-order valence-electron chi connectivity index (χ0n) is 26.9. The normalized spacial score (nSPS) is 13.3. The van der Waals surface area contributed by atoms with Gasteiger partial charge in [-0.3, -0.25) is 0 Å². The van der Waals surface area contributed by atoms with Gasteiger partial charge < -0.3 is 20.3 Å². The molecular weight excluding hydrogens is 538 g/mol. The largest absolute Gasteiger partial charge is 0.491 e. The van der Waals surface area contributed by atoms with Gasteiger partial charge in [-0.15, -0.1) is 11.8 Å². The average molecular weight is 594 g/mol. The molecule has 0 unspecified atom stereocenters. The molecule has 0 spiro atoms. The van der Waals surface area contributed by atoms with E-state index in [-0.39, 0.29) is 11.4 Å². The summed E-state index contributed by atoms with van der Waals surface area (Å²) in [4.78, 5) is 16.8. The van der Waals surface area contributed by atoms with Crippen molar-refractivity contribution in [1.82, 2.24) is 4.90 Å². The molecule has 1 aliphatic heterocycles. The lowest BCUT2D eigenvalue weighted by molar-refractivity contribution is 0.261. The molecule has 232 valence electrons. The lowest BCUT2D eigenvalue weighted by atomic mass is 9.86. The highest BCUT2D eigenvalue weighted by Gasteiger charge is 2.22. The summed E-state index contributed by atoms with van der Waals surface area (Å²) in [5, 5.41) is 6.18. The van der Waals surface area contributed by atoms with Crippen LogP contribution in [0.15, 0.2) is 53.6 Å². The molecule has 1 aliphatic rings. The molecule has 2 aromatic rings. The first-order valence-electron chi connectivity index (χ1n) is 16.3. The Morgan fingerprint density at radius 3 is 2.05 bits per heavy atom. The average Bonchev–Trinajstić information content (AvgIpc) is 3.36. The summed E-state index contributed by atoms with van der Waals surface area (Å²) in [5.74, 6) is 1.72. The number of unbranched alkanes of at least 4 members (excludes halogenated alkanes) is 11. The number of para-hydroxylation sites is 2. The predicted molar refractivity (Wildman–Crippen MR) is 183 cm³/mol. The van der Waals surface area contributed by atoms with Gasteiger partial charge in [0.1, 0.15) is 5.75 Å². The van der Waals surface area contributed by atoms with Crippen molar-refractivity contribution in [2.75, 3.05) is 23.1 Å². The maximum atomic E-state index is 13.2. The molecule has 0 saturated carbocycles. The Bertz CT molecular complexity index is 1120. The fraction of sp³-hybridized carbons (Fsp3) is 0.583. The van der Waals surface area contributed by atoms with Gasteiger partial charge in [0.25, 0.3) is 0 Å². The zero-order valence-corrected chi connectivity index (χ0v) is 27.7. The van der Waals surface area contributed by atoms with Gasteiger partial charge in [-0.25, -0.2) is 4.79 Å². The van der Waals surface area contributed by atoms with Gasteiger partial charge in [0.2, 0.25) is 0 Å². The van der Waals surface area contributed by atoms with Crippen LogP contribution in [-0.2, 0) is 12.0 Å². The molecule has 0 fully saturated rings. The van der Waals surface area contributed by atoms with Gasteiger partial charge in [-0.1, -0.05) is 129 Å². The standard InChI is InChI=1S/C36H55N3O2S/c1-6-7-8-9-10-11-12-13-14-15-16-19-25-41-34-31(36(3,4)5)22-20-24-33(34)38-35(40)37-32-23-18-17-21-30(32)27-39-26-29(2)42-28-39/h17-18,20-24,26H,6-16,19,25,27-28H2,1-5H3,(H2,37,38,40). The molecule has 2 amide bonds. The quantitative estimate of drug-likeness (QED) is 0.169. The minimum absolute atomic E-state index is 0.105. The van der Waals surface area contributed by atoms with E-state index in [0.29, 0.717) is 12.3 Å². The smallest absolute Gasteiger partial charge is 0.323 e. The summed E-state index contributed by atoms with van der Waals surface area (Å²) in [6.45, 7) is 12.4.